The molecule has 0 aromatic carbocycles. The standard InChI is InChI=1S/C13H25NO/c1-13(14,5-6-15-2)9-12-8-10-3-4-11(12)7-10/h10-12H,3-9,14H2,1-2H3. The summed E-state index contributed by atoms with van der Waals surface area (Å²) in [5.41, 5.74) is 6.33. The molecule has 0 spiro atoms. The minimum Gasteiger partial charge on any atom is -0.385 e. The van der Waals surface area contributed by atoms with Crippen molar-refractivity contribution in [3.05, 3.63) is 0 Å². The Bertz CT molecular complexity index is 215. The van der Waals surface area contributed by atoms with E-state index < -0.39 is 0 Å². The summed E-state index contributed by atoms with van der Waals surface area (Å²) in [6.45, 7) is 2.99. The van der Waals surface area contributed by atoms with Gasteiger partial charge in [0, 0.05) is 19.3 Å². The maximum Gasteiger partial charge on any atom is 0.0479 e. The maximum atomic E-state index is 6.33. The molecule has 2 rings (SSSR count). The fourth-order valence-corrected chi connectivity index (χ4v) is 3.66. The highest BCUT2D eigenvalue weighted by atomic mass is 16.5. The summed E-state index contributed by atoms with van der Waals surface area (Å²) in [5.74, 6) is 2.95. The van der Waals surface area contributed by atoms with Gasteiger partial charge >= 0.3 is 0 Å². The van der Waals surface area contributed by atoms with Crippen molar-refractivity contribution < 1.29 is 4.74 Å². The second-order valence-corrected chi connectivity index (χ2v) is 6.04. The summed E-state index contributed by atoms with van der Waals surface area (Å²) < 4.78 is 5.12. The maximum absolute atomic E-state index is 6.33. The van der Waals surface area contributed by atoms with Gasteiger partial charge in [-0.3, -0.25) is 0 Å². The molecule has 0 amide bonds. The zero-order chi connectivity index (χ0) is 10.9. The molecule has 88 valence electrons. The van der Waals surface area contributed by atoms with Gasteiger partial charge in [-0.05, 0) is 56.8 Å². The third-order valence-corrected chi connectivity index (χ3v) is 4.49. The van der Waals surface area contributed by atoms with Crippen LogP contribution in [0.1, 0.15) is 45.4 Å². The molecule has 2 saturated carbocycles. The summed E-state index contributed by atoms with van der Waals surface area (Å²) in [5, 5.41) is 0. The van der Waals surface area contributed by atoms with Crippen LogP contribution in [0.15, 0.2) is 0 Å². The topological polar surface area (TPSA) is 35.2 Å². The van der Waals surface area contributed by atoms with Crippen LogP contribution in [0.25, 0.3) is 0 Å². The molecular weight excluding hydrogens is 186 g/mol. The first-order valence-corrected chi connectivity index (χ1v) is 6.38. The monoisotopic (exact) mass is 211 g/mol. The quantitative estimate of drug-likeness (QED) is 0.758. The van der Waals surface area contributed by atoms with Crippen LogP contribution in [0.5, 0.6) is 0 Å². The van der Waals surface area contributed by atoms with Gasteiger partial charge in [0.15, 0.2) is 0 Å². The highest BCUT2D eigenvalue weighted by Gasteiger charge is 2.41. The summed E-state index contributed by atoms with van der Waals surface area (Å²) >= 11 is 0. The van der Waals surface area contributed by atoms with Crippen LogP contribution in [-0.4, -0.2) is 19.3 Å². The van der Waals surface area contributed by atoms with Gasteiger partial charge < -0.3 is 10.5 Å². The van der Waals surface area contributed by atoms with Crippen molar-refractivity contribution in [2.75, 3.05) is 13.7 Å². The Kier molecular flexibility index (Phi) is 3.36. The molecule has 15 heavy (non-hydrogen) atoms. The number of ether oxygens (including phenoxy) is 1. The highest BCUT2D eigenvalue weighted by Crippen LogP contribution is 2.50. The van der Waals surface area contributed by atoms with E-state index in [0.717, 1.165) is 30.8 Å². The minimum absolute atomic E-state index is 0.00877. The summed E-state index contributed by atoms with van der Waals surface area (Å²) in [6.07, 6.45) is 8.10. The Morgan fingerprint density at radius 1 is 1.33 bits per heavy atom. The second kappa shape index (κ2) is 4.42. The van der Waals surface area contributed by atoms with E-state index in [1.54, 1.807) is 7.11 Å². The lowest BCUT2D eigenvalue weighted by atomic mass is 9.79. The van der Waals surface area contributed by atoms with Gasteiger partial charge in [-0.1, -0.05) is 6.42 Å². The Labute approximate surface area is 93.6 Å². The predicted molar refractivity (Wildman–Crippen MR) is 62.6 cm³/mol. The highest BCUT2D eigenvalue weighted by molar-refractivity contribution is 4.94. The Morgan fingerprint density at radius 3 is 2.67 bits per heavy atom. The first kappa shape index (κ1) is 11.4. The lowest BCUT2D eigenvalue weighted by Gasteiger charge is -2.31. The van der Waals surface area contributed by atoms with Crippen LogP contribution in [0.3, 0.4) is 0 Å². The average molecular weight is 211 g/mol. The number of methoxy groups -OCH3 is 1. The SMILES string of the molecule is COCCC(C)(N)CC1CC2CCC1C2. The summed E-state index contributed by atoms with van der Waals surface area (Å²) in [4.78, 5) is 0. The van der Waals surface area contributed by atoms with Gasteiger partial charge in [-0.25, -0.2) is 0 Å². The van der Waals surface area contributed by atoms with Gasteiger partial charge in [0.25, 0.3) is 0 Å². The summed E-state index contributed by atoms with van der Waals surface area (Å²) in [7, 11) is 1.76. The number of hydrogen-bond acceptors (Lipinski definition) is 2. The molecule has 0 heterocycles. The second-order valence-electron chi connectivity index (χ2n) is 6.04. The number of nitrogens with two attached hydrogens (primary N) is 1. The normalized spacial score (nSPS) is 38.2. The number of fused-ring (bicyclic) bond motifs is 2. The summed E-state index contributed by atoms with van der Waals surface area (Å²) in [6, 6.07) is 0. The molecule has 0 aliphatic heterocycles. The molecule has 2 bridgehead atoms. The molecule has 2 nitrogen and oxygen atoms in total. The van der Waals surface area contributed by atoms with Gasteiger partial charge in [0.05, 0.1) is 0 Å². The molecule has 4 atom stereocenters. The molecule has 2 heteroatoms. The molecule has 0 aromatic heterocycles. The first-order chi connectivity index (χ1) is 7.11. The molecule has 2 fully saturated rings. The molecule has 4 unspecified atom stereocenters. The van der Waals surface area contributed by atoms with E-state index >= 15 is 0 Å². The van der Waals surface area contributed by atoms with Crippen LogP contribution < -0.4 is 5.73 Å². The smallest absolute Gasteiger partial charge is 0.0479 e. The van der Waals surface area contributed by atoms with E-state index in [0.29, 0.717) is 0 Å². The molecule has 2 aliphatic carbocycles. The van der Waals surface area contributed by atoms with Crippen molar-refractivity contribution in [1.29, 1.82) is 0 Å². The predicted octanol–water partition coefficient (Wildman–Crippen LogP) is 2.57. The molecule has 2 aliphatic rings. The third-order valence-electron chi connectivity index (χ3n) is 4.49. The van der Waals surface area contributed by atoms with E-state index in [1.807, 2.05) is 0 Å². The fourth-order valence-electron chi connectivity index (χ4n) is 3.66. The lowest BCUT2D eigenvalue weighted by molar-refractivity contribution is 0.154. The zero-order valence-corrected chi connectivity index (χ0v) is 10.2. The Morgan fingerprint density at radius 2 is 2.13 bits per heavy atom. The van der Waals surface area contributed by atoms with E-state index in [-0.39, 0.29) is 5.54 Å². The zero-order valence-electron chi connectivity index (χ0n) is 10.2. The van der Waals surface area contributed by atoms with Crippen LogP contribution in [0, 0.1) is 17.8 Å². The van der Waals surface area contributed by atoms with Gasteiger partial charge in [-0.2, -0.15) is 0 Å². The molecule has 2 N–H and O–H groups in total. The van der Waals surface area contributed by atoms with Crippen molar-refractivity contribution in [3.8, 4) is 0 Å². The lowest BCUT2D eigenvalue weighted by Crippen LogP contribution is -2.40. The largest absolute Gasteiger partial charge is 0.385 e. The van der Waals surface area contributed by atoms with Crippen LogP contribution in [0.2, 0.25) is 0 Å². The van der Waals surface area contributed by atoms with Crippen molar-refractivity contribution in [2.24, 2.45) is 23.5 Å². The molecule has 0 radical (unpaired) electrons. The minimum atomic E-state index is -0.00877. The van der Waals surface area contributed by atoms with Crippen LogP contribution in [-0.2, 0) is 4.74 Å². The van der Waals surface area contributed by atoms with Crippen LogP contribution >= 0.6 is 0 Å². The number of hydrogen-bond donors (Lipinski definition) is 1. The third kappa shape index (κ3) is 2.73. The van der Waals surface area contributed by atoms with Crippen molar-refractivity contribution in [3.63, 3.8) is 0 Å². The number of rotatable bonds is 5. The van der Waals surface area contributed by atoms with Crippen LogP contribution in [0.4, 0.5) is 0 Å². The van der Waals surface area contributed by atoms with Crippen molar-refractivity contribution >= 4 is 0 Å². The first-order valence-electron chi connectivity index (χ1n) is 6.38. The van der Waals surface area contributed by atoms with E-state index in [2.05, 4.69) is 6.92 Å². The van der Waals surface area contributed by atoms with E-state index in [4.69, 9.17) is 10.5 Å². The Balaban J connectivity index is 1.80. The molecule has 0 aromatic rings. The van der Waals surface area contributed by atoms with Gasteiger partial charge in [0.2, 0.25) is 0 Å². The average Bonchev–Trinajstić information content (AvgIpc) is 2.75. The van der Waals surface area contributed by atoms with E-state index in [1.165, 1.54) is 32.1 Å². The Hall–Kier alpha value is -0.0800. The molecule has 0 saturated heterocycles. The van der Waals surface area contributed by atoms with Crippen molar-refractivity contribution in [2.45, 2.75) is 51.0 Å². The van der Waals surface area contributed by atoms with E-state index in [9.17, 15) is 0 Å². The fraction of sp³-hybridized carbons (Fsp3) is 1.00. The van der Waals surface area contributed by atoms with Gasteiger partial charge in [-0.15, -0.1) is 0 Å². The molecular formula is C13H25NO. The van der Waals surface area contributed by atoms with Crippen molar-refractivity contribution in [1.82, 2.24) is 0 Å². The van der Waals surface area contributed by atoms with Gasteiger partial charge in [0.1, 0.15) is 0 Å².